The van der Waals surface area contributed by atoms with Crippen LogP contribution in [0.25, 0.3) is 10.2 Å². The van der Waals surface area contributed by atoms with Crippen molar-refractivity contribution < 1.29 is 14.3 Å². The predicted molar refractivity (Wildman–Crippen MR) is 133 cm³/mol. The van der Waals surface area contributed by atoms with Gasteiger partial charge in [-0.05, 0) is 51.5 Å². The van der Waals surface area contributed by atoms with Crippen LogP contribution in [0.15, 0.2) is 6.07 Å². The van der Waals surface area contributed by atoms with Crippen molar-refractivity contribution in [3.63, 3.8) is 0 Å². The number of nitrogens with one attached hydrogen (secondary N) is 1. The second-order valence-corrected chi connectivity index (χ2v) is 11.8. The Bertz CT molecular complexity index is 1000. The molecule has 1 amide bonds. The number of aryl methyl sites for hydroxylation is 1. The minimum Gasteiger partial charge on any atom is -0.349 e. The van der Waals surface area contributed by atoms with Gasteiger partial charge < -0.3 is 19.7 Å². The number of carbonyl (C=O) groups is 1. The second-order valence-electron chi connectivity index (χ2n) is 10.8. The van der Waals surface area contributed by atoms with Crippen LogP contribution in [0.4, 0.5) is 0 Å². The summed E-state index contributed by atoms with van der Waals surface area (Å²) in [4.78, 5) is 17.8. The number of thiophene rings is 1. The first-order chi connectivity index (χ1) is 16.6. The molecule has 186 valence electrons. The van der Waals surface area contributed by atoms with Gasteiger partial charge in [0, 0.05) is 43.4 Å². The highest BCUT2D eigenvalue weighted by Gasteiger charge is 2.42. The molecule has 0 atom stereocenters. The number of hydrogen-bond acceptors (Lipinski definition) is 6. The number of ether oxygens (including phenoxy) is 2. The lowest BCUT2D eigenvalue weighted by atomic mass is 9.88. The standard InChI is InChI=1S/C26H38N4O3S/c1-18-22-17-23(34-25(22)30(28-18)21-5-3-2-4-6-21)24(31)27-19-9-13-29(14-10-19)20-7-11-26(12-8-20)32-15-16-33-26/h17,19-21H,2-16H2,1H3,(H,27,31). The molecule has 7 nitrogen and oxygen atoms in total. The van der Waals surface area contributed by atoms with Crippen molar-refractivity contribution >= 4 is 27.5 Å². The van der Waals surface area contributed by atoms with Crippen LogP contribution in [0, 0.1) is 6.92 Å². The molecule has 34 heavy (non-hydrogen) atoms. The number of nitrogens with zero attached hydrogens (tertiary/aromatic N) is 3. The van der Waals surface area contributed by atoms with Crippen molar-refractivity contribution in [2.45, 2.75) is 101 Å². The van der Waals surface area contributed by atoms with Gasteiger partial charge in [-0.25, -0.2) is 0 Å². The minimum atomic E-state index is -0.278. The minimum absolute atomic E-state index is 0.0874. The van der Waals surface area contributed by atoms with Gasteiger partial charge in [0.2, 0.25) is 0 Å². The van der Waals surface area contributed by atoms with Gasteiger partial charge in [0.05, 0.1) is 29.8 Å². The summed E-state index contributed by atoms with van der Waals surface area (Å²) in [6.45, 7) is 5.69. The van der Waals surface area contributed by atoms with Crippen molar-refractivity contribution in [3.8, 4) is 0 Å². The molecule has 2 aromatic rings. The van der Waals surface area contributed by atoms with E-state index in [4.69, 9.17) is 14.6 Å². The molecule has 4 heterocycles. The summed E-state index contributed by atoms with van der Waals surface area (Å²) >= 11 is 1.62. The van der Waals surface area contributed by atoms with E-state index in [9.17, 15) is 4.79 Å². The molecule has 2 aliphatic heterocycles. The van der Waals surface area contributed by atoms with Gasteiger partial charge in [-0.1, -0.05) is 19.3 Å². The van der Waals surface area contributed by atoms with Crippen molar-refractivity contribution in [1.29, 1.82) is 0 Å². The van der Waals surface area contributed by atoms with Crippen LogP contribution in [0.1, 0.15) is 92.0 Å². The van der Waals surface area contributed by atoms with E-state index < -0.39 is 0 Å². The second kappa shape index (κ2) is 9.52. The highest BCUT2D eigenvalue weighted by Crippen LogP contribution is 2.38. The average molecular weight is 487 g/mol. The van der Waals surface area contributed by atoms with Gasteiger partial charge >= 0.3 is 0 Å². The summed E-state index contributed by atoms with van der Waals surface area (Å²) in [5.41, 5.74) is 1.05. The topological polar surface area (TPSA) is 68.6 Å². The lowest BCUT2D eigenvalue weighted by Gasteiger charge is -2.43. The zero-order chi connectivity index (χ0) is 23.1. The number of aromatic nitrogens is 2. The third-order valence-electron chi connectivity index (χ3n) is 8.62. The molecule has 1 N–H and O–H groups in total. The molecule has 2 aliphatic carbocycles. The number of amides is 1. The quantitative estimate of drug-likeness (QED) is 0.673. The van der Waals surface area contributed by atoms with Crippen molar-refractivity contribution in [1.82, 2.24) is 20.0 Å². The van der Waals surface area contributed by atoms with Gasteiger partial charge in [-0.15, -0.1) is 11.3 Å². The molecule has 1 spiro atoms. The number of likely N-dealkylation sites (tertiary alicyclic amines) is 1. The number of hydrogen-bond donors (Lipinski definition) is 1. The summed E-state index contributed by atoms with van der Waals surface area (Å²) in [6.07, 6.45) is 12.7. The maximum Gasteiger partial charge on any atom is 0.261 e. The molecule has 6 rings (SSSR count). The zero-order valence-electron chi connectivity index (χ0n) is 20.4. The molecule has 2 saturated carbocycles. The summed E-state index contributed by atoms with van der Waals surface area (Å²) in [5, 5.41) is 9.34. The van der Waals surface area contributed by atoms with E-state index in [1.54, 1.807) is 11.3 Å². The van der Waals surface area contributed by atoms with Crippen LogP contribution in [-0.2, 0) is 9.47 Å². The summed E-state index contributed by atoms with van der Waals surface area (Å²) < 4.78 is 14.0. The Morgan fingerprint density at radius 3 is 2.44 bits per heavy atom. The van der Waals surface area contributed by atoms with Gasteiger partial charge in [-0.3, -0.25) is 9.48 Å². The van der Waals surface area contributed by atoms with E-state index in [1.165, 1.54) is 36.9 Å². The highest BCUT2D eigenvalue weighted by atomic mass is 32.1. The molecular weight excluding hydrogens is 448 g/mol. The Hall–Kier alpha value is -1.48. The first-order valence-electron chi connectivity index (χ1n) is 13.4. The molecule has 4 fully saturated rings. The molecule has 0 radical (unpaired) electrons. The summed E-state index contributed by atoms with van der Waals surface area (Å²) in [6, 6.07) is 3.45. The maximum atomic E-state index is 13.1. The van der Waals surface area contributed by atoms with Gasteiger partial charge in [0.1, 0.15) is 4.83 Å². The predicted octanol–water partition coefficient (Wildman–Crippen LogP) is 4.79. The Morgan fingerprint density at radius 1 is 1.03 bits per heavy atom. The lowest BCUT2D eigenvalue weighted by molar-refractivity contribution is -0.184. The smallest absolute Gasteiger partial charge is 0.261 e. The third kappa shape index (κ3) is 4.43. The molecule has 8 heteroatoms. The van der Waals surface area contributed by atoms with Crippen LogP contribution in [0.3, 0.4) is 0 Å². The molecule has 0 unspecified atom stereocenters. The Balaban J connectivity index is 1.04. The first-order valence-corrected chi connectivity index (χ1v) is 14.2. The van der Waals surface area contributed by atoms with E-state index in [0.717, 1.165) is 80.8 Å². The van der Waals surface area contributed by atoms with E-state index in [2.05, 4.69) is 27.9 Å². The number of rotatable bonds is 4. The number of piperidine rings is 1. The van der Waals surface area contributed by atoms with Gasteiger partial charge in [0.15, 0.2) is 5.79 Å². The highest BCUT2D eigenvalue weighted by molar-refractivity contribution is 7.20. The van der Waals surface area contributed by atoms with Crippen LogP contribution in [-0.4, -0.2) is 64.8 Å². The van der Waals surface area contributed by atoms with Crippen molar-refractivity contribution in [2.24, 2.45) is 0 Å². The number of fused-ring (bicyclic) bond motifs is 1. The van der Waals surface area contributed by atoms with Crippen molar-refractivity contribution in [2.75, 3.05) is 26.3 Å². The van der Waals surface area contributed by atoms with E-state index in [1.807, 2.05) is 0 Å². The van der Waals surface area contributed by atoms with Crippen LogP contribution in [0.5, 0.6) is 0 Å². The average Bonchev–Trinajstić information content (AvgIpc) is 3.58. The van der Waals surface area contributed by atoms with Crippen molar-refractivity contribution in [3.05, 3.63) is 16.6 Å². The fraction of sp³-hybridized carbons (Fsp3) is 0.769. The van der Waals surface area contributed by atoms with E-state index in [-0.39, 0.29) is 17.7 Å². The largest absolute Gasteiger partial charge is 0.349 e. The Labute approximate surface area is 206 Å². The zero-order valence-corrected chi connectivity index (χ0v) is 21.2. The molecular formula is C26H38N4O3S. The number of carbonyl (C=O) groups excluding carboxylic acids is 1. The maximum absolute atomic E-state index is 13.1. The molecule has 2 aromatic heterocycles. The molecule has 0 aromatic carbocycles. The van der Waals surface area contributed by atoms with E-state index in [0.29, 0.717) is 12.1 Å². The molecule has 2 saturated heterocycles. The fourth-order valence-electron chi connectivity index (χ4n) is 6.62. The summed E-state index contributed by atoms with van der Waals surface area (Å²) in [7, 11) is 0. The molecule has 0 bridgehead atoms. The van der Waals surface area contributed by atoms with Gasteiger partial charge in [-0.2, -0.15) is 5.10 Å². The third-order valence-corrected chi connectivity index (χ3v) is 9.75. The SMILES string of the molecule is Cc1nn(C2CCCCC2)c2sc(C(=O)NC3CCN(C4CCC5(CC4)OCCO5)CC3)cc12. The molecule has 4 aliphatic rings. The van der Waals surface area contributed by atoms with Crippen LogP contribution >= 0.6 is 11.3 Å². The normalized spacial score (nSPS) is 25.4. The lowest BCUT2D eigenvalue weighted by Crippen LogP contribution is -2.50. The first kappa shape index (κ1) is 23.0. The van der Waals surface area contributed by atoms with Crippen LogP contribution < -0.4 is 5.32 Å². The Morgan fingerprint density at radius 2 is 1.74 bits per heavy atom. The van der Waals surface area contributed by atoms with E-state index >= 15 is 0 Å². The summed E-state index contributed by atoms with van der Waals surface area (Å²) in [5.74, 6) is -0.191. The monoisotopic (exact) mass is 486 g/mol. The fourth-order valence-corrected chi connectivity index (χ4v) is 7.75. The Kier molecular flexibility index (Phi) is 6.43. The van der Waals surface area contributed by atoms with Crippen LogP contribution in [0.2, 0.25) is 0 Å². The van der Waals surface area contributed by atoms with Gasteiger partial charge in [0.25, 0.3) is 5.91 Å².